The highest BCUT2D eigenvalue weighted by atomic mass is 127. The lowest BCUT2D eigenvalue weighted by Crippen LogP contribution is -2.39. The quantitative estimate of drug-likeness (QED) is 0.344. The standard InChI is InChI=1S/C4H12IN3O/c1-4(2)8(6)9-7(3)5/h4H,6H2,1-3H3. The van der Waals surface area contributed by atoms with Gasteiger partial charge in [-0.2, -0.15) is 4.94 Å². The number of rotatable bonds is 3. The van der Waals surface area contributed by atoms with E-state index in [4.69, 9.17) is 10.8 Å². The number of halogens is 1. The Hall–Kier alpha value is 0.570. The molecule has 2 N–H and O–H groups in total. The smallest absolute Gasteiger partial charge is 0.0513 e. The van der Waals surface area contributed by atoms with Crippen LogP contribution >= 0.6 is 22.9 Å². The summed E-state index contributed by atoms with van der Waals surface area (Å²) in [6.07, 6.45) is 0. The van der Waals surface area contributed by atoms with Crippen molar-refractivity contribution in [2.75, 3.05) is 7.05 Å². The molecule has 0 saturated heterocycles. The van der Waals surface area contributed by atoms with E-state index in [-0.39, 0.29) is 6.04 Å². The molecule has 0 aliphatic carbocycles. The van der Waals surface area contributed by atoms with Crippen LogP contribution in [0.1, 0.15) is 13.8 Å². The summed E-state index contributed by atoms with van der Waals surface area (Å²) in [6, 6.07) is 0.196. The van der Waals surface area contributed by atoms with Crippen molar-refractivity contribution in [3.8, 4) is 0 Å². The highest BCUT2D eigenvalue weighted by molar-refractivity contribution is 14.1. The second-order valence-corrected chi connectivity index (χ2v) is 3.31. The summed E-state index contributed by atoms with van der Waals surface area (Å²) in [5, 5.41) is 1.28. The van der Waals surface area contributed by atoms with Crippen LogP contribution in [0.2, 0.25) is 0 Å². The third-order valence-electron chi connectivity index (χ3n) is 0.716. The molecule has 0 spiro atoms. The summed E-state index contributed by atoms with van der Waals surface area (Å²) in [7, 11) is 1.77. The van der Waals surface area contributed by atoms with Gasteiger partial charge in [0.2, 0.25) is 0 Å². The number of nitrogens with two attached hydrogens (primary N) is 1. The van der Waals surface area contributed by atoms with E-state index in [0.717, 1.165) is 0 Å². The summed E-state index contributed by atoms with van der Waals surface area (Å²) in [4.78, 5) is 4.94. The molecule has 0 bridgehead atoms. The lowest BCUT2D eigenvalue weighted by Gasteiger charge is -2.20. The normalized spacial score (nSPS) is 12.0. The van der Waals surface area contributed by atoms with Crippen LogP contribution in [0.25, 0.3) is 0 Å². The zero-order valence-corrected chi connectivity index (χ0v) is 7.99. The van der Waals surface area contributed by atoms with Crippen LogP contribution < -0.4 is 5.84 Å². The largest absolute Gasteiger partial charge is 0.243 e. The summed E-state index contributed by atoms with van der Waals surface area (Å²) in [5.41, 5.74) is 0. The highest BCUT2D eigenvalue weighted by Gasteiger charge is 2.04. The fraction of sp³-hybridized carbons (Fsp3) is 1.00. The molecule has 4 nitrogen and oxygen atoms in total. The molecule has 0 unspecified atom stereocenters. The molecule has 9 heavy (non-hydrogen) atoms. The van der Waals surface area contributed by atoms with Crippen LogP contribution in [0.3, 0.4) is 0 Å². The summed E-state index contributed by atoms with van der Waals surface area (Å²) < 4.78 is 1.51. The first-order chi connectivity index (χ1) is 4.04. The molecule has 0 aromatic heterocycles. The molecule has 5 heteroatoms. The van der Waals surface area contributed by atoms with Gasteiger partial charge < -0.3 is 0 Å². The van der Waals surface area contributed by atoms with E-state index in [2.05, 4.69) is 0 Å². The van der Waals surface area contributed by atoms with Crippen molar-refractivity contribution < 1.29 is 4.94 Å². The molecule has 0 aromatic carbocycles. The van der Waals surface area contributed by atoms with Gasteiger partial charge in [0.15, 0.2) is 0 Å². The first-order valence-corrected chi connectivity index (χ1v) is 3.62. The molecule has 0 aromatic rings. The third kappa shape index (κ3) is 5.04. The lowest BCUT2D eigenvalue weighted by atomic mass is 10.4. The maximum atomic E-state index is 5.38. The van der Waals surface area contributed by atoms with Crippen molar-refractivity contribution in [2.45, 2.75) is 19.9 Å². The van der Waals surface area contributed by atoms with Crippen LogP contribution in [0.5, 0.6) is 0 Å². The van der Waals surface area contributed by atoms with Crippen molar-refractivity contribution >= 4 is 22.9 Å². The second-order valence-electron chi connectivity index (χ2n) is 1.96. The van der Waals surface area contributed by atoms with Crippen LogP contribution in [0.4, 0.5) is 0 Å². The Kier molecular flexibility index (Phi) is 4.67. The first kappa shape index (κ1) is 9.57. The molecular weight excluding hydrogens is 233 g/mol. The predicted molar refractivity (Wildman–Crippen MR) is 44.0 cm³/mol. The van der Waals surface area contributed by atoms with Gasteiger partial charge in [0.25, 0.3) is 0 Å². The van der Waals surface area contributed by atoms with E-state index >= 15 is 0 Å². The monoisotopic (exact) mass is 245 g/mol. The van der Waals surface area contributed by atoms with E-state index in [1.165, 1.54) is 8.45 Å². The number of hydroxylamine groups is 2. The zero-order valence-electron chi connectivity index (χ0n) is 5.84. The second kappa shape index (κ2) is 4.40. The van der Waals surface area contributed by atoms with Gasteiger partial charge in [-0.3, -0.25) is 0 Å². The Balaban J connectivity index is 3.38. The number of nitrogens with zero attached hydrogens (tertiary/aromatic N) is 2. The van der Waals surface area contributed by atoms with Gasteiger partial charge >= 0.3 is 0 Å². The van der Waals surface area contributed by atoms with Crippen molar-refractivity contribution in [3.05, 3.63) is 0 Å². The SMILES string of the molecule is CC(C)N(N)ON(C)I. The topological polar surface area (TPSA) is 41.7 Å². The molecule has 0 fully saturated rings. The molecule has 0 amide bonds. The number of hydrogen-bond donors (Lipinski definition) is 1. The fourth-order valence-corrected chi connectivity index (χ4v) is 0.428. The van der Waals surface area contributed by atoms with Crippen LogP contribution in [-0.4, -0.2) is 21.5 Å². The molecule has 0 rings (SSSR count). The van der Waals surface area contributed by atoms with E-state index in [1.54, 1.807) is 7.05 Å². The van der Waals surface area contributed by atoms with Gasteiger partial charge in [0, 0.05) is 13.1 Å². The van der Waals surface area contributed by atoms with Crippen LogP contribution in [0, 0.1) is 0 Å². The predicted octanol–water partition coefficient (Wildman–Crippen LogP) is 0.699. The van der Waals surface area contributed by atoms with Gasteiger partial charge in [0.1, 0.15) is 0 Å². The minimum absolute atomic E-state index is 0.196. The summed E-state index contributed by atoms with van der Waals surface area (Å²) >= 11 is 1.98. The summed E-state index contributed by atoms with van der Waals surface area (Å²) in [5.74, 6) is 5.38. The maximum Gasteiger partial charge on any atom is 0.0513 e. The van der Waals surface area contributed by atoms with Crippen molar-refractivity contribution in [1.82, 2.24) is 8.45 Å². The molecule has 0 saturated carbocycles. The third-order valence-corrected chi connectivity index (χ3v) is 0.892. The molecule has 56 valence electrons. The van der Waals surface area contributed by atoms with E-state index in [0.29, 0.717) is 0 Å². The van der Waals surface area contributed by atoms with Crippen molar-refractivity contribution in [1.29, 1.82) is 0 Å². The van der Waals surface area contributed by atoms with Gasteiger partial charge in [0.05, 0.1) is 22.9 Å². The Morgan fingerprint density at radius 3 is 2.11 bits per heavy atom. The highest BCUT2D eigenvalue weighted by Crippen LogP contribution is 1.98. The Bertz CT molecular complexity index is 78.2. The lowest BCUT2D eigenvalue weighted by molar-refractivity contribution is -0.276. The number of hydrazine groups is 1. The van der Waals surface area contributed by atoms with Gasteiger partial charge in [-0.1, -0.05) is 0 Å². The molecule has 0 aliphatic rings. The first-order valence-electron chi connectivity index (χ1n) is 2.65. The van der Waals surface area contributed by atoms with Crippen LogP contribution in [-0.2, 0) is 4.94 Å². The van der Waals surface area contributed by atoms with Gasteiger partial charge in [-0.05, 0) is 13.8 Å². The Morgan fingerprint density at radius 1 is 1.56 bits per heavy atom. The molecule has 0 heterocycles. The Labute approximate surface area is 69.3 Å². The van der Waals surface area contributed by atoms with E-state index < -0.39 is 0 Å². The van der Waals surface area contributed by atoms with E-state index in [1.807, 2.05) is 36.7 Å². The molecule has 0 radical (unpaired) electrons. The average molecular weight is 245 g/mol. The zero-order chi connectivity index (χ0) is 7.44. The summed E-state index contributed by atoms with van der Waals surface area (Å²) in [6.45, 7) is 3.89. The minimum atomic E-state index is 0.196. The van der Waals surface area contributed by atoms with Crippen molar-refractivity contribution in [3.63, 3.8) is 0 Å². The van der Waals surface area contributed by atoms with Gasteiger partial charge in [-0.15, -0.1) is 8.45 Å². The average Bonchev–Trinajstić information content (AvgIpc) is 1.63. The Morgan fingerprint density at radius 2 is 2.00 bits per heavy atom. The maximum absolute atomic E-state index is 5.38. The van der Waals surface area contributed by atoms with Gasteiger partial charge in [-0.25, -0.2) is 5.84 Å². The minimum Gasteiger partial charge on any atom is -0.243 e. The fourth-order valence-electron chi connectivity index (χ4n) is 0.224. The van der Waals surface area contributed by atoms with Crippen LogP contribution in [0.15, 0.2) is 0 Å². The molecular formula is C4H12IN3O. The molecule has 0 atom stereocenters. The van der Waals surface area contributed by atoms with Crippen molar-refractivity contribution in [2.24, 2.45) is 5.84 Å². The number of hydrogen-bond acceptors (Lipinski definition) is 4. The van der Waals surface area contributed by atoms with E-state index in [9.17, 15) is 0 Å². The molecule has 0 aliphatic heterocycles.